The molecule has 5 heteroatoms. The zero-order valence-corrected chi connectivity index (χ0v) is 10.1. The Hall–Kier alpha value is -1.59. The number of nitrogens with two attached hydrogens (primary N) is 1. The molecule has 0 saturated carbocycles. The summed E-state index contributed by atoms with van der Waals surface area (Å²) in [5.41, 5.74) is 8.56. The smallest absolute Gasteiger partial charge is 0.258 e. The Labute approximate surface area is 105 Å². The fourth-order valence-electron chi connectivity index (χ4n) is 2.45. The number of nitrogens with zero attached hydrogens (tertiary/aromatic N) is 1. The average molecular weight is 248 g/mol. The summed E-state index contributed by atoms with van der Waals surface area (Å²) in [5, 5.41) is 0. The normalized spacial score (nSPS) is 22.9. The van der Waals surface area contributed by atoms with Crippen molar-refractivity contribution in [3.8, 4) is 0 Å². The number of fused-ring (bicyclic) bond motifs is 1. The van der Waals surface area contributed by atoms with Crippen molar-refractivity contribution < 1.29 is 14.3 Å². The number of hydrogen-bond acceptors (Lipinski definition) is 4. The van der Waals surface area contributed by atoms with Crippen LogP contribution in [0, 0.1) is 0 Å². The monoisotopic (exact) mass is 248 g/mol. The minimum Gasteiger partial charge on any atom is -0.399 e. The molecule has 0 radical (unpaired) electrons. The highest BCUT2D eigenvalue weighted by atomic mass is 16.6. The lowest BCUT2D eigenvalue weighted by Gasteiger charge is -2.27. The molecule has 2 aliphatic heterocycles. The molecular formula is C13H16N2O3. The molecule has 1 saturated heterocycles. The molecule has 3 rings (SSSR count). The third-order valence-corrected chi connectivity index (χ3v) is 3.36. The number of ether oxygens (including phenoxy) is 2. The molecule has 1 fully saturated rings. The molecule has 1 atom stereocenters. The molecule has 0 aliphatic carbocycles. The number of hydrogen-bond donors (Lipinski definition) is 1. The van der Waals surface area contributed by atoms with Gasteiger partial charge in [0, 0.05) is 17.9 Å². The predicted octanol–water partition coefficient (Wildman–Crippen LogP) is 0.573. The van der Waals surface area contributed by atoms with Crippen LogP contribution in [0.4, 0.5) is 11.4 Å². The van der Waals surface area contributed by atoms with Crippen molar-refractivity contribution in [2.24, 2.45) is 0 Å². The van der Waals surface area contributed by atoms with E-state index in [0.29, 0.717) is 26.4 Å². The van der Waals surface area contributed by atoms with Crippen LogP contribution in [0.1, 0.15) is 5.56 Å². The Balaban J connectivity index is 1.80. The highest BCUT2D eigenvalue weighted by Gasteiger charge is 2.32. The van der Waals surface area contributed by atoms with Crippen LogP contribution in [-0.2, 0) is 20.7 Å². The first-order valence-electron chi connectivity index (χ1n) is 6.15. The molecule has 0 bridgehead atoms. The summed E-state index contributed by atoms with van der Waals surface area (Å²) in [7, 11) is 0. The van der Waals surface area contributed by atoms with Crippen LogP contribution >= 0.6 is 0 Å². The van der Waals surface area contributed by atoms with Gasteiger partial charge in [0.1, 0.15) is 0 Å². The van der Waals surface area contributed by atoms with Crippen molar-refractivity contribution in [2.75, 3.05) is 37.0 Å². The Morgan fingerprint density at radius 2 is 2.28 bits per heavy atom. The van der Waals surface area contributed by atoms with Gasteiger partial charge in [0.25, 0.3) is 5.91 Å². The molecule has 2 N–H and O–H groups in total. The molecule has 1 unspecified atom stereocenters. The topological polar surface area (TPSA) is 64.8 Å². The second-order valence-corrected chi connectivity index (χ2v) is 4.56. The summed E-state index contributed by atoms with van der Waals surface area (Å²) in [5.74, 6) is -0.0155. The van der Waals surface area contributed by atoms with Gasteiger partial charge in [-0.3, -0.25) is 4.79 Å². The van der Waals surface area contributed by atoms with Crippen LogP contribution in [0.15, 0.2) is 18.2 Å². The number of carbonyl (C=O) groups excluding carboxylic acids is 1. The van der Waals surface area contributed by atoms with E-state index in [0.717, 1.165) is 23.4 Å². The average Bonchev–Trinajstić information content (AvgIpc) is 2.81. The molecule has 96 valence electrons. The predicted molar refractivity (Wildman–Crippen MR) is 67.5 cm³/mol. The first-order chi connectivity index (χ1) is 8.75. The van der Waals surface area contributed by atoms with E-state index in [2.05, 4.69) is 0 Å². The quantitative estimate of drug-likeness (QED) is 0.738. The van der Waals surface area contributed by atoms with Gasteiger partial charge in [-0.1, -0.05) is 0 Å². The van der Waals surface area contributed by atoms with E-state index in [-0.39, 0.29) is 5.91 Å². The van der Waals surface area contributed by atoms with Crippen LogP contribution in [0.5, 0.6) is 0 Å². The van der Waals surface area contributed by atoms with E-state index in [1.165, 1.54) is 0 Å². The second-order valence-electron chi connectivity index (χ2n) is 4.56. The number of carbonyl (C=O) groups is 1. The Bertz CT molecular complexity index is 469. The van der Waals surface area contributed by atoms with Gasteiger partial charge in [0.15, 0.2) is 6.10 Å². The maximum atomic E-state index is 12.3. The molecule has 5 nitrogen and oxygen atoms in total. The number of anilines is 2. The SMILES string of the molecule is Nc1ccc2c(c1)CCN2C(=O)C1COCCO1. The molecule has 1 amide bonds. The summed E-state index contributed by atoms with van der Waals surface area (Å²) in [6.45, 7) is 2.09. The van der Waals surface area contributed by atoms with Crippen LogP contribution < -0.4 is 10.6 Å². The maximum absolute atomic E-state index is 12.3. The third kappa shape index (κ3) is 1.95. The zero-order chi connectivity index (χ0) is 12.5. The van der Waals surface area contributed by atoms with Crippen molar-refractivity contribution in [3.63, 3.8) is 0 Å². The van der Waals surface area contributed by atoms with Gasteiger partial charge >= 0.3 is 0 Å². The fourth-order valence-corrected chi connectivity index (χ4v) is 2.45. The van der Waals surface area contributed by atoms with Crippen LogP contribution in [0.2, 0.25) is 0 Å². The van der Waals surface area contributed by atoms with E-state index >= 15 is 0 Å². The first-order valence-corrected chi connectivity index (χ1v) is 6.15. The number of benzene rings is 1. The van der Waals surface area contributed by atoms with E-state index in [1.807, 2.05) is 18.2 Å². The van der Waals surface area contributed by atoms with Crippen LogP contribution in [0.3, 0.4) is 0 Å². The summed E-state index contributed by atoms with van der Waals surface area (Å²) in [6, 6.07) is 5.66. The summed E-state index contributed by atoms with van der Waals surface area (Å²) in [4.78, 5) is 14.1. The van der Waals surface area contributed by atoms with Crippen molar-refractivity contribution in [2.45, 2.75) is 12.5 Å². The van der Waals surface area contributed by atoms with Gasteiger partial charge in [-0.25, -0.2) is 0 Å². The number of rotatable bonds is 1. The zero-order valence-electron chi connectivity index (χ0n) is 10.1. The molecule has 18 heavy (non-hydrogen) atoms. The van der Waals surface area contributed by atoms with Crippen molar-refractivity contribution in [3.05, 3.63) is 23.8 Å². The Morgan fingerprint density at radius 1 is 1.39 bits per heavy atom. The van der Waals surface area contributed by atoms with E-state index in [4.69, 9.17) is 15.2 Å². The van der Waals surface area contributed by atoms with Gasteiger partial charge in [-0.2, -0.15) is 0 Å². The van der Waals surface area contributed by atoms with Crippen molar-refractivity contribution >= 4 is 17.3 Å². The van der Waals surface area contributed by atoms with Crippen LogP contribution in [-0.4, -0.2) is 38.4 Å². The summed E-state index contributed by atoms with van der Waals surface area (Å²) in [6.07, 6.45) is 0.377. The van der Waals surface area contributed by atoms with Gasteiger partial charge in [0.2, 0.25) is 0 Å². The fraction of sp³-hybridized carbons (Fsp3) is 0.462. The van der Waals surface area contributed by atoms with E-state index in [9.17, 15) is 4.79 Å². The van der Waals surface area contributed by atoms with Gasteiger partial charge in [0.05, 0.1) is 19.8 Å². The van der Waals surface area contributed by atoms with Gasteiger partial charge in [-0.05, 0) is 30.2 Å². The summed E-state index contributed by atoms with van der Waals surface area (Å²) >= 11 is 0. The van der Waals surface area contributed by atoms with E-state index in [1.54, 1.807) is 4.90 Å². The second kappa shape index (κ2) is 4.59. The highest BCUT2D eigenvalue weighted by molar-refractivity contribution is 5.98. The molecule has 0 spiro atoms. The maximum Gasteiger partial charge on any atom is 0.258 e. The lowest BCUT2D eigenvalue weighted by atomic mass is 10.1. The minimum atomic E-state index is -0.470. The van der Waals surface area contributed by atoms with Crippen molar-refractivity contribution in [1.82, 2.24) is 0 Å². The lowest BCUT2D eigenvalue weighted by Crippen LogP contribution is -2.44. The van der Waals surface area contributed by atoms with Crippen LogP contribution in [0.25, 0.3) is 0 Å². The Kier molecular flexibility index (Phi) is 2.93. The lowest BCUT2D eigenvalue weighted by molar-refractivity contribution is -0.144. The molecule has 2 aliphatic rings. The van der Waals surface area contributed by atoms with Gasteiger partial charge in [-0.15, -0.1) is 0 Å². The number of nitrogen functional groups attached to an aromatic ring is 1. The third-order valence-electron chi connectivity index (χ3n) is 3.36. The minimum absolute atomic E-state index is 0.0155. The molecular weight excluding hydrogens is 232 g/mol. The molecule has 0 aromatic heterocycles. The standard InChI is InChI=1S/C13H16N2O3/c14-10-1-2-11-9(7-10)3-4-15(11)13(16)12-8-17-5-6-18-12/h1-2,7,12H,3-6,8,14H2. The molecule has 1 aromatic carbocycles. The molecule has 2 heterocycles. The first kappa shape index (κ1) is 11.5. The Morgan fingerprint density at radius 3 is 3.06 bits per heavy atom. The largest absolute Gasteiger partial charge is 0.399 e. The molecule has 1 aromatic rings. The van der Waals surface area contributed by atoms with Gasteiger partial charge < -0.3 is 20.1 Å². The van der Waals surface area contributed by atoms with Crippen molar-refractivity contribution in [1.29, 1.82) is 0 Å². The summed E-state index contributed by atoms with van der Waals surface area (Å²) < 4.78 is 10.7. The number of amides is 1. The van der Waals surface area contributed by atoms with E-state index < -0.39 is 6.10 Å². The highest BCUT2D eigenvalue weighted by Crippen LogP contribution is 2.30.